The van der Waals surface area contributed by atoms with E-state index < -0.39 is 0 Å². The molecule has 2 rings (SSSR count). The number of hydrogen-bond donors (Lipinski definition) is 1. The van der Waals surface area contributed by atoms with Gasteiger partial charge in [0, 0.05) is 19.2 Å². The van der Waals surface area contributed by atoms with Crippen LogP contribution in [0, 0.1) is 16.0 Å². The van der Waals surface area contributed by atoms with Crippen molar-refractivity contribution in [2.75, 3.05) is 18.5 Å². The van der Waals surface area contributed by atoms with Crippen LogP contribution in [0.25, 0.3) is 0 Å². The molecule has 0 amide bonds. The first-order valence-electron chi connectivity index (χ1n) is 6.31. The molecule has 1 saturated carbocycles. The molecule has 5 heteroatoms. The van der Waals surface area contributed by atoms with Gasteiger partial charge in [-0.3, -0.25) is 10.1 Å². The molecule has 1 aromatic rings. The minimum absolute atomic E-state index is 0.169. The quantitative estimate of drug-likeness (QED) is 0.655. The summed E-state index contributed by atoms with van der Waals surface area (Å²) in [6, 6.07) is 7.22. The Labute approximate surface area is 107 Å². The predicted octanol–water partition coefficient (Wildman–Crippen LogP) is 2.16. The predicted molar refractivity (Wildman–Crippen MR) is 71.7 cm³/mol. The molecular formula is C13H19N3O2. The summed E-state index contributed by atoms with van der Waals surface area (Å²) in [5.41, 5.74) is 6.63. The number of nitro benzene ring substituents is 1. The van der Waals surface area contributed by atoms with Gasteiger partial charge in [0.1, 0.15) is 5.69 Å². The molecule has 2 unspecified atom stereocenters. The lowest BCUT2D eigenvalue weighted by Crippen LogP contribution is -2.38. The summed E-state index contributed by atoms with van der Waals surface area (Å²) < 4.78 is 0. The van der Waals surface area contributed by atoms with Crippen molar-refractivity contribution in [3.8, 4) is 0 Å². The van der Waals surface area contributed by atoms with Crippen LogP contribution in [0.2, 0.25) is 0 Å². The van der Waals surface area contributed by atoms with Crippen molar-refractivity contribution in [3.63, 3.8) is 0 Å². The molecule has 5 nitrogen and oxygen atoms in total. The monoisotopic (exact) mass is 249 g/mol. The zero-order valence-corrected chi connectivity index (χ0v) is 10.6. The van der Waals surface area contributed by atoms with E-state index in [1.54, 1.807) is 12.1 Å². The summed E-state index contributed by atoms with van der Waals surface area (Å²) in [4.78, 5) is 12.8. The summed E-state index contributed by atoms with van der Waals surface area (Å²) in [6.07, 6.45) is 3.33. The van der Waals surface area contributed by atoms with Gasteiger partial charge < -0.3 is 10.6 Å². The van der Waals surface area contributed by atoms with Gasteiger partial charge in [-0.15, -0.1) is 0 Å². The lowest BCUT2D eigenvalue weighted by molar-refractivity contribution is -0.384. The van der Waals surface area contributed by atoms with Crippen LogP contribution >= 0.6 is 0 Å². The van der Waals surface area contributed by atoms with E-state index in [1.807, 2.05) is 24.1 Å². The van der Waals surface area contributed by atoms with Gasteiger partial charge in [-0.05, 0) is 31.4 Å². The van der Waals surface area contributed by atoms with Crippen LogP contribution in [0.1, 0.15) is 19.3 Å². The highest BCUT2D eigenvalue weighted by atomic mass is 16.6. The second-order valence-electron chi connectivity index (χ2n) is 4.85. The minimum atomic E-state index is -0.321. The molecule has 0 bridgehead atoms. The molecular weight excluding hydrogens is 230 g/mol. The highest BCUT2D eigenvalue weighted by molar-refractivity contribution is 5.63. The molecule has 0 spiro atoms. The highest BCUT2D eigenvalue weighted by Crippen LogP contribution is 2.35. The van der Waals surface area contributed by atoms with Gasteiger partial charge in [-0.1, -0.05) is 18.6 Å². The van der Waals surface area contributed by atoms with E-state index in [9.17, 15) is 10.1 Å². The van der Waals surface area contributed by atoms with E-state index in [1.165, 1.54) is 0 Å². The molecule has 18 heavy (non-hydrogen) atoms. The Hall–Kier alpha value is -1.62. The second kappa shape index (κ2) is 5.35. The Morgan fingerprint density at radius 2 is 2.17 bits per heavy atom. The Morgan fingerprint density at radius 1 is 1.44 bits per heavy atom. The minimum Gasteiger partial charge on any atom is -0.366 e. The maximum atomic E-state index is 11.0. The van der Waals surface area contributed by atoms with E-state index in [2.05, 4.69) is 0 Å². The van der Waals surface area contributed by atoms with Gasteiger partial charge >= 0.3 is 0 Å². The fourth-order valence-corrected chi connectivity index (χ4v) is 2.90. The van der Waals surface area contributed by atoms with Crippen LogP contribution in [-0.4, -0.2) is 24.6 Å². The van der Waals surface area contributed by atoms with Gasteiger partial charge in [0.05, 0.1) is 4.92 Å². The molecule has 1 aliphatic carbocycles. The molecule has 0 heterocycles. The smallest absolute Gasteiger partial charge is 0.292 e. The third-order valence-electron chi connectivity index (χ3n) is 3.88. The lowest BCUT2D eigenvalue weighted by Gasteiger charge is -2.30. The van der Waals surface area contributed by atoms with Crippen molar-refractivity contribution in [3.05, 3.63) is 34.4 Å². The number of benzene rings is 1. The first-order valence-corrected chi connectivity index (χ1v) is 6.31. The van der Waals surface area contributed by atoms with Crippen molar-refractivity contribution in [1.82, 2.24) is 0 Å². The van der Waals surface area contributed by atoms with Crippen LogP contribution in [0.15, 0.2) is 24.3 Å². The van der Waals surface area contributed by atoms with E-state index in [0.29, 0.717) is 24.2 Å². The summed E-state index contributed by atoms with van der Waals surface area (Å²) in [5, 5.41) is 11.0. The van der Waals surface area contributed by atoms with Crippen molar-refractivity contribution in [2.45, 2.75) is 25.3 Å². The lowest BCUT2D eigenvalue weighted by atomic mass is 10.0. The maximum Gasteiger partial charge on any atom is 0.292 e. The van der Waals surface area contributed by atoms with E-state index >= 15 is 0 Å². The average Bonchev–Trinajstić information content (AvgIpc) is 2.86. The van der Waals surface area contributed by atoms with E-state index in [0.717, 1.165) is 19.3 Å². The summed E-state index contributed by atoms with van der Waals surface area (Å²) in [5.74, 6) is 0.440. The number of anilines is 1. The van der Waals surface area contributed by atoms with Crippen LogP contribution < -0.4 is 10.6 Å². The molecule has 0 saturated heterocycles. The molecule has 0 aliphatic heterocycles. The van der Waals surface area contributed by atoms with Gasteiger partial charge in [0.25, 0.3) is 5.69 Å². The molecule has 1 aliphatic rings. The highest BCUT2D eigenvalue weighted by Gasteiger charge is 2.31. The summed E-state index contributed by atoms with van der Waals surface area (Å²) >= 11 is 0. The Bertz CT molecular complexity index is 436. The first kappa shape index (κ1) is 12.8. The van der Waals surface area contributed by atoms with Crippen LogP contribution in [-0.2, 0) is 0 Å². The second-order valence-corrected chi connectivity index (χ2v) is 4.85. The van der Waals surface area contributed by atoms with Crippen LogP contribution in [0.5, 0.6) is 0 Å². The number of nitrogens with two attached hydrogens (primary N) is 1. The molecule has 98 valence electrons. The molecule has 2 atom stereocenters. The van der Waals surface area contributed by atoms with Gasteiger partial charge in [-0.25, -0.2) is 0 Å². The SMILES string of the molecule is CN(c1ccccc1[N+](=O)[O-])C1CCCC1CN. The summed E-state index contributed by atoms with van der Waals surface area (Å²) in [7, 11) is 1.93. The van der Waals surface area contributed by atoms with Gasteiger partial charge in [0.2, 0.25) is 0 Å². The van der Waals surface area contributed by atoms with E-state index in [4.69, 9.17) is 5.73 Å². The maximum absolute atomic E-state index is 11.0. The molecule has 1 fully saturated rings. The van der Waals surface area contributed by atoms with E-state index in [-0.39, 0.29) is 10.6 Å². The normalized spacial score (nSPS) is 23.0. The molecule has 0 aromatic heterocycles. The number of nitrogens with zero attached hydrogens (tertiary/aromatic N) is 2. The summed E-state index contributed by atoms with van der Waals surface area (Å²) in [6.45, 7) is 0.648. The Balaban J connectivity index is 2.28. The molecule has 1 aromatic carbocycles. The first-order chi connectivity index (χ1) is 8.65. The Morgan fingerprint density at radius 3 is 2.83 bits per heavy atom. The topological polar surface area (TPSA) is 72.4 Å². The van der Waals surface area contributed by atoms with Gasteiger partial charge in [0.15, 0.2) is 0 Å². The molecule has 0 radical (unpaired) electrons. The number of rotatable bonds is 4. The average molecular weight is 249 g/mol. The van der Waals surface area contributed by atoms with Crippen molar-refractivity contribution < 1.29 is 4.92 Å². The van der Waals surface area contributed by atoms with Crippen molar-refractivity contribution in [2.24, 2.45) is 11.7 Å². The zero-order valence-electron chi connectivity index (χ0n) is 10.6. The van der Waals surface area contributed by atoms with Crippen LogP contribution in [0.3, 0.4) is 0 Å². The third-order valence-corrected chi connectivity index (χ3v) is 3.88. The van der Waals surface area contributed by atoms with Crippen molar-refractivity contribution in [1.29, 1.82) is 0 Å². The molecule has 2 N–H and O–H groups in total. The number of nitro groups is 1. The number of hydrogen-bond acceptors (Lipinski definition) is 4. The van der Waals surface area contributed by atoms with Crippen molar-refractivity contribution >= 4 is 11.4 Å². The number of para-hydroxylation sites is 2. The van der Waals surface area contributed by atoms with Crippen LogP contribution in [0.4, 0.5) is 11.4 Å². The fraction of sp³-hybridized carbons (Fsp3) is 0.538. The zero-order chi connectivity index (χ0) is 13.1. The third kappa shape index (κ3) is 2.31. The Kier molecular flexibility index (Phi) is 3.81. The largest absolute Gasteiger partial charge is 0.366 e. The fourth-order valence-electron chi connectivity index (χ4n) is 2.90. The standard InChI is InChI=1S/C13H19N3O2/c1-15(11-8-4-5-10(11)9-14)12-6-2-3-7-13(12)16(17)18/h2-3,6-7,10-11H,4-5,8-9,14H2,1H3. The van der Waals surface area contributed by atoms with Gasteiger partial charge in [-0.2, -0.15) is 0 Å².